The Labute approximate surface area is 174 Å². The van der Waals surface area contributed by atoms with Crippen molar-refractivity contribution >= 4 is 16.9 Å². The lowest BCUT2D eigenvalue weighted by Gasteiger charge is -2.16. The van der Waals surface area contributed by atoms with Gasteiger partial charge < -0.3 is 4.74 Å². The molecule has 0 bridgehead atoms. The number of hydrogen-bond donors (Lipinski definition) is 0. The van der Waals surface area contributed by atoms with Crippen molar-refractivity contribution < 1.29 is 18.3 Å². The van der Waals surface area contributed by atoms with E-state index in [1.807, 2.05) is 0 Å². The molecule has 0 spiro atoms. The largest absolute Gasteiger partial charge is 0.465 e. The first-order chi connectivity index (χ1) is 14.9. The average molecular weight is 422 g/mol. The van der Waals surface area contributed by atoms with Crippen LogP contribution in [0, 0.1) is 11.6 Å². The highest BCUT2D eigenvalue weighted by Gasteiger charge is 2.20. The number of aromatic nitrogens is 2. The Morgan fingerprint density at radius 2 is 1.65 bits per heavy atom. The molecule has 0 saturated heterocycles. The van der Waals surface area contributed by atoms with Crippen LogP contribution in [0.25, 0.3) is 16.6 Å². The molecule has 1 heterocycles. The fourth-order valence-electron chi connectivity index (χ4n) is 3.46. The van der Waals surface area contributed by atoms with E-state index in [2.05, 4.69) is 0 Å². The normalized spacial score (nSPS) is 10.9. The van der Waals surface area contributed by atoms with Gasteiger partial charge in [0.2, 0.25) is 0 Å². The fraction of sp³-hybridized carbons (Fsp3) is 0.0870. The van der Waals surface area contributed by atoms with Crippen LogP contribution in [-0.4, -0.2) is 22.2 Å². The maximum absolute atomic E-state index is 13.7. The van der Waals surface area contributed by atoms with Gasteiger partial charge in [0.25, 0.3) is 5.56 Å². The summed E-state index contributed by atoms with van der Waals surface area (Å²) < 4.78 is 34.0. The third-order valence-corrected chi connectivity index (χ3v) is 4.93. The molecule has 6 nitrogen and oxygen atoms in total. The standard InChI is InChI=1S/C23H16F2N2O4/c1-31-22(29)16-7-3-5-9-20(16)27-21(28)15-6-2-4-8-19(15)26(23(27)30)13-14-10-11-17(24)18(25)12-14/h2-12H,13H2,1H3. The van der Waals surface area contributed by atoms with Gasteiger partial charge in [-0.15, -0.1) is 0 Å². The number of esters is 1. The molecule has 3 aromatic carbocycles. The number of para-hydroxylation sites is 2. The number of rotatable bonds is 4. The summed E-state index contributed by atoms with van der Waals surface area (Å²) in [4.78, 5) is 38.8. The van der Waals surface area contributed by atoms with Crippen molar-refractivity contribution in [3.63, 3.8) is 0 Å². The minimum Gasteiger partial charge on any atom is -0.465 e. The number of fused-ring (bicyclic) bond motifs is 1. The van der Waals surface area contributed by atoms with Crippen LogP contribution in [0.1, 0.15) is 15.9 Å². The second kappa shape index (κ2) is 7.98. The molecule has 1 aromatic heterocycles. The highest BCUT2D eigenvalue weighted by Crippen LogP contribution is 2.16. The molecular weight excluding hydrogens is 406 g/mol. The molecule has 0 unspecified atom stereocenters. The Bertz CT molecular complexity index is 1440. The second-order valence-corrected chi connectivity index (χ2v) is 6.78. The zero-order valence-electron chi connectivity index (χ0n) is 16.3. The van der Waals surface area contributed by atoms with Gasteiger partial charge in [-0.3, -0.25) is 9.36 Å². The number of carbonyl (C=O) groups excluding carboxylic acids is 1. The molecule has 31 heavy (non-hydrogen) atoms. The van der Waals surface area contributed by atoms with Crippen LogP contribution in [0.3, 0.4) is 0 Å². The third kappa shape index (κ3) is 3.52. The highest BCUT2D eigenvalue weighted by molar-refractivity contribution is 5.93. The summed E-state index contributed by atoms with van der Waals surface area (Å²) in [7, 11) is 1.20. The minimum absolute atomic E-state index is 0.0406. The van der Waals surface area contributed by atoms with Crippen LogP contribution < -0.4 is 11.2 Å². The third-order valence-electron chi connectivity index (χ3n) is 4.93. The molecule has 0 atom stereocenters. The van der Waals surface area contributed by atoms with E-state index in [-0.39, 0.29) is 23.2 Å². The van der Waals surface area contributed by atoms with E-state index in [1.165, 1.54) is 29.9 Å². The number of halogens is 2. The molecule has 0 N–H and O–H groups in total. The van der Waals surface area contributed by atoms with E-state index < -0.39 is 28.9 Å². The number of carbonyl (C=O) groups is 1. The molecule has 0 saturated carbocycles. The van der Waals surface area contributed by atoms with Gasteiger partial charge in [-0.25, -0.2) is 22.9 Å². The molecule has 8 heteroatoms. The number of nitrogens with zero attached hydrogens (tertiary/aromatic N) is 2. The number of ether oxygens (including phenoxy) is 1. The van der Waals surface area contributed by atoms with Gasteiger partial charge in [-0.1, -0.05) is 30.3 Å². The second-order valence-electron chi connectivity index (χ2n) is 6.78. The van der Waals surface area contributed by atoms with Gasteiger partial charge in [-0.05, 0) is 42.0 Å². The molecule has 0 aliphatic carbocycles. The van der Waals surface area contributed by atoms with Crippen molar-refractivity contribution in [1.82, 2.24) is 9.13 Å². The molecule has 0 amide bonds. The van der Waals surface area contributed by atoms with Crippen LogP contribution in [0.4, 0.5) is 8.78 Å². The van der Waals surface area contributed by atoms with Crippen LogP contribution in [0.15, 0.2) is 76.3 Å². The van der Waals surface area contributed by atoms with E-state index >= 15 is 0 Å². The van der Waals surface area contributed by atoms with Gasteiger partial charge in [0.1, 0.15) is 0 Å². The van der Waals surface area contributed by atoms with E-state index in [4.69, 9.17) is 4.74 Å². The molecule has 4 rings (SSSR count). The molecule has 156 valence electrons. The van der Waals surface area contributed by atoms with Crippen molar-refractivity contribution in [1.29, 1.82) is 0 Å². The predicted molar refractivity (Wildman–Crippen MR) is 111 cm³/mol. The number of hydrogen-bond acceptors (Lipinski definition) is 4. The summed E-state index contributed by atoms with van der Waals surface area (Å²) >= 11 is 0. The highest BCUT2D eigenvalue weighted by atomic mass is 19.2. The van der Waals surface area contributed by atoms with Crippen LogP contribution in [-0.2, 0) is 11.3 Å². The summed E-state index contributed by atoms with van der Waals surface area (Å²) in [5.74, 6) is -2.75. The van der Waals surface area contributed by atoms with Gasteiger partial charge in [0.05, 0.1) is 35.8 Å². The van der Waals surface area contributed by atoms with Crippen molar-refractivity contribution in [2.45, 2.75) is 6.54 Å². The van der Waals surface area contributed by atoms with E-state index in [0.29, 0.717) is 11.1 Å². The zero-order chi connectivity index (χ0) is 22.1. The van der Waals surface area contributed by atoms with Gasteiger partial charge in [0, 0.05) is 0 Å². The minimum atomic E-state index is -1.04. The molecule has 0 aliphatic rings. The lowest BCUT2D eigenvalue weighted by atomic mass is 10.1. The fourth-order valence-corrected chi connectivity index (χ4v) is 3.46. The molecular formula is C23H16F2N2O4. The molecule has 0 fully saturated rings. The lowest BCUT2D eigenvalue weighted by molar-refractivity contribution is 0.0600. The average Bonchev–Trinajstić information content (AvgIpc) is 2.79. The summed E-state index contributed by atoms with van der Waals surface area (Å²) in [5.41, 5.74) is -0.581. The van der Waals surface area contributed by atoms with Crippen molar-refractivity contribution in [3.8, 4) is 5.69 Å². The zero-order valence-corrected chi connectivity index (χ0v) is 16.3. The van der Waals surface area contributed by atoms with Crippen LogP contribution in [0.5, 0.6) is 0 Å². The van der Waals surface area contributed by atoms with E-state index in [9.17, 15) is 23.2 Å². The first kappa shape index (κ1) is 20.2. The summed E-state index contributed by atoms with van der Waals surface area (Å²) in [6.45, 7) is -0.114. The Kier molecular flexibility index (Phi) is 5.21. The van der Waals surface area contributed by atoms with Crippen molar-refractivity contribution in [2.75, 3.05) is 7.11 Å². The van der Waals surface area contributed by atoms with Crippen molar-refractivity contribution in [2.24, 2.45) is 0 Å². The first-order valence-corrected chi connectivity index (χ1v) is 9.28. The predicted octanol–water partition coefficient (Wildman–Crippen LogP) is 3.27. The maximum Gasteiger partial charge on any atom is 0.339 e. The topological polar surface area (TPSA) is 70.3 Å². The number of methoxy groups -OCH3 is 1. The summed E-state index contributed by atoms with van der Waals surface area (Å²) in [6.07, 6.45) is 0. The first-order valence-electron chi connectivity index (χ1n) is 9.28. The van der Waals surface area contributed by atoms with Crippen LogP contribution >= 0.6 is 0 Å². The summed E-state index contributed by atoms with van der Waals surface area (Å²) in [6, 6.07) is 15.9. The number of benzene rings is 3. The van der Waals surface area contributed by atoms with Gasteiger partial charge in [-0.2, -0.15) is 0 Å². The molecule has 0 aliphatic heterocycles. The Morgan fingerprint density at radius 3 is 2.39 bits per heavy atom. The van der Waals surface area contributed by atoms with Gasteiger partial charge in [0.15, 0.2) is 11.6 Å². The molecule has 0 radical (unpaired) electrons. The van der Waals surface area contributed by atoms with E-state index in [0.717, 1.165) is 16.7 Å². The smallest absolute Gasteiger partial charge is 0.339 e. The van der Waals surface area contributed by atoms with E-state index in [1.54, 1.807) is 36.4 Å². The quantitative estimate of drug-likeness (QED) is 0.474. The Balaban J connectivity index is 2.03. The van der Waals surface area contributed by atoms with Crippen molar-refractivity contribution in [3.05, 3.63) is 110 Å². The lowest BCUT2D eigenvalue weighted by Crippen LogP contribution is -2.40. The Morgan fingerprint density at radius 1 is 0.935 bits per heavy atom. The van der Waals surface area contributed by atoms with Gasteiger partial charge >= 0.3 is 11.7 Å². The van der Waals surface area contributed by atoms with Crippen LogP contribution in [0.2, 0.25) is 0 Å². The molecule has 4 aromatic rings. The maximum atomic E-state index is 13.7. The summed E-state index contributed by atoms with van der Waals surface area (Å²) in [5, 5.41) is 0.226. The monoisotopic (exact) mass is 422 g/mol. The Hall–Kier alpha value is -4.07. The SMILES string of the molecule is COC(=O)c1ccccc1-n1c(=O)c2ccccc2n(Cc2ccc(F)c(F)c2)c1=O.